The molecule has 5 heteroatoms. The highest BCUT2D eigenvalue weighted by molar-refractivity contribution is 5.93. The van der Waals surface area contributed by atoms with Gasteiger partial charge in [-0.2, -0.15) is 0 Å². The van der Waals surface area contributed by atoms with E-state index in [2.05, 4.69) is 36.5 Å². The van der Waals surface area contributed by atoms with Crippen molar-refractivity contribution in [2.45, 2.75) is 25.9 Å². The highest BCUT2D eigenvalue weighted by Crippen LogP contribution is 2.33. The molecule has 3 rings (SSSR count). The van der Waals surface area contributed by atoms with Gasteiger partial charge in [-0.25, -0.2) is 0 Å². The molecule has 1 saturated heterocycles. The Hall–Kier alpha value is -2.40. The third kappa shape index (κ3) is 4.17. The molecule has 25 heavy (non-hydrogen) atoms. The first-order chi connectivity index (χ1) is 12.0. The lowest BCUT2D eigenvalue weighted by Gasteiger charge is -2.32. The van der Waals surface area contributed by atoms with Gasteiger partial charge in [0.15, 0.2) is 0 Å². The Labute approximate surface area is 147 Å². The largest absolute Gasteiger partial charge is 0.373 e. The normalized spacial score (nSPS) is 20.2. The summed E-state index contributed by atoms with van der Waals surface area (Å²) in [5.74, 6) is 0.0119. The number of hydrogen-bond donors (Lipinski definition) is 1. The van der Waals surface area contributed by atoms with E-state index in [1.807, 2.05) is 0 Å². The highest BCUT2D eigenvalue weighted by Gasteiger charge is 2.27. The van der Waals surface area contributed by atoms with Gasteiger partial charge in [-0.05, 0) is 31.4 Å². The first kappa shape index (κ1) is 17.4. The monoisotopic (exact) mass is 340 g/mol. The molecular weight excluding hydrogens is 316 g/mol. The third-order valence-corrected chi connectivity index (χ3v) is 4.74. The van der Waals surface area contributed by atoms with Crippen molar-refractivity contribution in [3.05, 3.63) is 69.6 Å². The Morgan fingerprint density at radius 2 is 2.04 bits per heavy atom. The predicted molar refractivity (Wildman–Crippen MR) is 96.6 cm³/mol. The van der Waals surface area contributed by atoms with Gasteiger partial charge >= 0.3 is 0 Å². The molecular formula is C20H24N2O3. The van der Waals surface area contributed by atoms with Crippen LogP contribution in [0.15, 0.2) is 47.4 Å². The zero-order chi connectivity index (χ0) is 17.8. The number of benzene rings is 1. The van der Waals surface area contributed by atoms with Crippen LogP contribution >= 0.6 is 0 Å². The topological polar surface area (TPSA) is 60.3 Å². The minimum atomic E-state index is -0.217. The molecule has 1 aliphatic heterocycles. The number of ether oxygens (including phenoxy) is 1. The molecule has 0 unspecified atom stereocenters. The van der Waals surface area contributed by atoms with Crippen molar-refractivity contribution in [2.75, 3.05) is 13.2 Å². The number of aromatic nitrogens is 1. The van der Waals surface area contributed by atoms with Gasteiger partial charge in [0, 0.05) is 43.9 Å². The van der Waals surface area contributed by atoms with Crippen molar-refractivity contribution in [1.29, 1.82) is 0 Å². The fourth-order valence-electron chi connectivity index (χ4n) is 3.19. The van der Waals surface area contributed by atoms with Crippen LogP contribution in [-0.4, -0.2) is 23.6 Å². The summed E-state index contributed by atoms with van der Waals surface area (Å²) in [5.41, 5.74) is 2.58. The molecule has 0 aliphatic carbocycles. The summed E-state index contributed by atoms with van der Waals surface area (Å²) in [5, 5.41) is 2.96. The summed E-state index contributed by atoms with van der Waals surface area (Å²) in [6.45, 7) is 3.34. The lowest BCUT2D eigenvalue weighted by atomic mass is 9.89. The van der Waals surface area contributed by atoms with Crippen LogP contribution in [-0.2, 0) is 11.8 Å². The Balaban J connectivity index is 1.67. The van der Waals surface area contributed by atoms with Crippen molar-refractivity contribution >= 4 is 5.91 Å². The Morgan fingerprint density at radius 3 is 2.76 bits per heavy atom. The van der Waals surface area contributed by atoms with Crippen molar-refractivity contribution in [3.8, 4) is 0 Å². The second-order valence-electron chi connectivity index (χ2n) is 6.68. The summed E-state index contributed by atoms with van der Waals surface area (Å²) in [4.78, 5) is 24.0. The van der Waals surface area contributed by atoms with E-state index in [0.717, 1.165) is 25.0 Å². The summed E-state index contributed by atoms with van der Waals surface area (Å²) < 4.78 is 7.43. The maximum Gasteiger partial charge on any atom is 0.251 e. The Morgan fingerprint density at radius 1 is 1.28 bits per heavy atom. The van der Waals surface area contributed by atoms with Crippen molar-refractivity contribution in [3.63, 3.8) is 0 Å². The van der Waals surface area contributed by atoms with Gasteiger partial charge in [-0.3, -0.25) is 9.59 Å². The van der Waals surface area contributed by atoms with Gasteiger partial charge in [0.1, 0.15) is 0 Å². The second-order valence-corrected chi connectivity index (χ2v) is 6.68. The Bertz CT molecular complexity index is 795. The average Bonchev–Trinajstić information content (AvgIpc) is 2.63. The van der Waals surface area contributed by atoms with Crippen LogP contribution < -0.4 is 10.9 Å². The molecule has 0 radical (unpaired) electrons. The number of nitrogens with one attached hydrogen (secondary N) is 1. The maximum atomic E-state index is 12.3. The van der Waals surface area contributed by atoms with Crippen LogP contribution in [0.4, 0.5) is 0 Å². The molecule has 0 saturated carbocycles. The van der Waals surface area contributed by atoms with E-state index in [1.54, 1.807) is 19.3 Å². The van der Waals surface area contributed by atoms with Crippen LogP contribution in [0, 0.1) is 12.8 Å². The molecule has 2 aromatic rings. The van der Waals surface area contributed by atoms with E-state index < -0.39 is 0 Å². The van der Waals surface area contributed by atoms with E-state index in [-0.39, 0.29) is 23.5 Å². The fourth-order valence-corrected chi connectivity index (χ4v) is 3.19. The average molecular weight is 340 g/mol. The first-order valence-electron chi connectivity index (χ1n) is 8.67. The number of rotatable bonds is 4. The quantitative estimate of drug-likeness (QED) is 0.931. The van der Waals surface area contributed by atoms with E-state index in [1.165, 1.54) is 16.2 Å². The van der Waals surface area contributed by atoms with Crippen LogP contribution in [0.25, 0.3) is 0 Å². The van der Waals surface area contributed by atoms with Gasteiger partial charge < -0.3 is 14.6 Å². The first-order valence-corrected chi connectivity index (χ1v) is 8.67. The smallest absolute Gasteiger partial charge is 0.251 e. The van der Waals surface area contributed by atoms with Crippen molar-refractivity contribution in [1.82, 2.24) is 9.88 Å². The van der Waals surface area contributed by atoms with Gasteiger partial charge in [-0.1, -0.05) is 29.8 Å². The number of aryl methyl sites for hydroxylation is 2. The van der Waals surface area contributed by atoms with Gasteiger partial charge in [0.2, 0.25) is 0 Å². The van der Waals surface area contributed by atoms with Crippen molar-refractivity contribution < 1.29 is 9.53 Å². The van der Waals surface area contributed by atoms with Crippen molar-refractivity contribution in [2.24, 2.45) is 13.0 Å². The number of amides is 1. The molecule has 1 amide bonds. The molecule has 1 N–H and O–H groups in total. The van der Waals surface area contributed by atoms with Crippen LogP contribution in [0.1, 0.15) is 40.4 Å². The minimum absolute atomic E-state index is 0.00158. The van der Waals surface area contributed by atoms with E-state index in [9.17, 15) is 9.59 Å². The molecule has 1 aliphatic rings. The van der Waals surface area contributed by atoms with Gasteiger partial charge in [0.05, 0.1) is 6.10 Å². The summed E-state index contributed by atoms with van der Waals surface area (Å²) in [6.07, 6.45) is 3.61. The highest BCUT2D eigenvalue weighted by atomic mass is 16.5. The molecule has 132 valence electrons. The SMILES string of the molecule is Cc1ccc([C@H]2OCCC[C@@H]2CNC(=O)c2ccn(C)c(=O)c2)cc1. The minimum Gasteiger partial charge on any atom is -0.373 e. The number of hydrogen-bond acceptors (Lipinski definition) is 3. The summed E-state index contributed by atoms with van der Waals surface area (Å²) in [6, 6.07) is 11.4. The molecule has 1 fully saturated rings. The molecule has 2 atom stereocenters. The summed E-state index contributed by atoms with van der Waals surface area (Å²) >= 11 is 0. The van der Waals surface area contributed by atoms with Crippen LogP contribution in [0.5, 0.6) is 0 Å². The summed E-state index contributed by atoms with van der Waals surface area (Å²) in [7, 11) is 1.66. The van der Waals surface area contributed by atoms with E-state index in [0.29, 0.717) is 12.1 Å². The zero-order valence-corrected chi connectivity index (χ0v) is 14.7. The number of carbonyl (C=O) groups is 1. The maximum absolute atomic E-state index is 12.3. The zero-order valence-electron chi connectivity index (χ0n) is 14.7. The molecule has 1 aromatic heterocycles. The molecule has 0 spiro atoms. The molecule has 1 aromatic carbocycles. The van der Waals surface area contributed by atoms with E-state index in [4.69, 9.17) is 4.74 Å². The number of pyridine rings is 1. The van der Waals surface area contributed by atoms with Gasteiger partial charge in [0.25, 0.3) is 11.5 Å². The lowest BCUT2D eigenvalue weighted by molar-refractivity contribution is -0.0272. The predicted octanol–water partition coefficient (Wildman–Crippen LogP) is 2.59. The molecule has 5 nitrogen and oxygen atoms in total. The fraction of sp³-hybridized carbons (Fsp3) is 0.400. The van der Waals surface area contributed by atoms with Crippen LogP contribution in [0.2, 0.25) is 0 Å². The molecule has 2 heterocycles. The van der Waals surface area contributed by atoms with E-state index >= 15 is 0 Å². The Kier molecular flexibility index (Phi) is 5.34. The van der Waals surface area contributed by atoms with Gasteiger partial charge in [-0.15, -0.1) is 0 Å². The third-order valence-electron chi connectivity index (χ3n) is 4.74. The molecule has 0 bridgehead atoms. The van der Waals surface area contributed by atoms with Crippen LogP contribution in [0.3, 0.4) is 0 Å². The lowest BCUT2D eigenvalue weighted by Crippen LogP contribution is -2.35. The standard InChI is InChI=1S/C20H24N2O3/c1-14-5-7-15(8-6-14)19-17(4-3-11-25-19)13-21-20(24)16-9-10-22(2)18(23)12-16/h5-10,12,17,19H,3-4,11,13H2,1-2H3,(H,21,24)/t17-,19-/m1/s1. The number of carbonyl (C=O) groups excluding carboxylic acids is 1. The number of nitrogens with zero attached hydrogens (tertiary/aromatic N) is 1. The second kappa shape index (κ2) is 7.66.